The Morgan fingerprint density at radius 1 is 1.35 bits per heavy atom. The summed E-state index contributed by atoms with van der Waals surface area (Å²) < 4.78 is 7.41. The molecule has 1 aromatic heterocycles. The number of aryl methyl sites for hydroxylation is 1. The van der Waals surface area contributed by atoms with Gasteiger partial charge in [0, 0.05) is 7.05 Å². The van der Waals surface area contributed by atoms with Gasteiger partial charge >= 0.3 is 0 Å². The van der Waals surface area contributed by atoms with Crippen LogP contribution in [0.4, 0.5) is 5.69 Å². The number of benzene rings is 1. The zero-order chi connectivity index (χ0) is 14.1. The van der Waals surface area contributed by atoms with Gasteiger partial charge in [-0.05, 0) is 12.1 Å². The first-order chi connectivity index (χ1) is 9.72. The van der Waals surface area contributed by atoms with E-state index in [-0.39, 0.29) is 6.04 Å². The smallest absolute Gasteiger partial charge is 0.196 e. The van der Waals surface area contributed by atoms with Crippen LogP contribution in [0.1, 0.15) is 11.7 Å². The maximum atomic E-state index is 6.07. The highest BCUT2D eigenvalue weighted by Crippen LogP contribution is 2.36. The first kappa shape index (κ1) is 12.5. The molecule has 0 radical (unpaired) electrons. The molecule has 6 heteroatoms. The van der Waals surface area contributed by atoms with Crippen LogP contribution in [0.3, 0.4) is 0 Å². The summed E-state index contributed by atoms with van der Waals surface area (Å²) in [6.45, 7) is 0.614. The molecular weight excluding hydrogens is 254 g/mol. The van der Waals surface area contributed by atoms with E-state index >= 15 is 0 Å². The number of aliphatic imine (C=N–C) groups is 1. The summed E-state index contributed by atoms with van der Waals surface area (Å²) in [6, 6.07) is 7.84. The summed E-state index contributed by atoms with van der Waals surface area (Å²) in [5.74, 6) is 1.28. The topological polar surface area (TPSA) is 68.7 Å². The molecule has 0 saturated heterocycles. The van der Waals surface area contributed by atoms with Crippen molar-refractivity contribution in [3.63, 3.8) is 0 Å². The minimum absolute atomic E-state index is 0.0406. The van der Waals surface area contributed by atoms with Crippen molar-refractivity contribution in [2.24, 2.45) is 17.8 Å². The monoisotopic (exact) mass is 271 g/mol. The number of guanidine groups is 1. The number of ether oxygens (including phenoxy) is 1. The van der Waals surface area contributed by atoms with Crippen molar-refractivity contribution in [2.45, 2.75) is 6.04 Å². The van der Waals surface area contributed by atoms with E-state index in [1.54, 1.807) is 13.4 Å². The number of rotatable bonds is 3. The van der Waals surface area contributed by atoms with E-state index in [9.17, 15) is 0 Å². The summed E-state index contributed by atoms with van der Waals surface area (Å²) in [4.78, 5) is 10.5. The third-order valence-electron chi connectivity index (χ3n) is 3.52. The summed E-state index contributed by atoms with van der Waals surface area (Å²) in [5, 5.41) is 0. The highest BCUT2D eigenvalue weighted by Gasteiger charge is 2.32. The van der Waals surface area contributed by atoms with Gasteiger partial charge in [0.1, 0.15) is 5.75 Å². The Morgan fingerprint density at radius 2 is 2.15 bits per heavy atom. The number of nitrogens with two attached hydrogens (primary N) is 1. The fourth-order valence-corrected chi connectivity index (χ4v) is 2.53. The Hall–Kier alpha value is -2.50. The lowest BCUT2D eigenvalue weighted by molar-refractivity contribution is 0.414. The molecule has 2 heterocycles. The van der Waals surface area contributed by atoms with Gasteiger partial charge in [0.25, 0.3) is 0 Å². The first-order valence-corrected chi connectivity index (χ1v) is 6.40. The number of para-hydroxylation sites is 2. The van der Waals surface area contributed by atoms with Gasteiger partial charge in [-0.15, -0.1) is 0 Å². The standard InChI is InChI=1S/C14H17N5O/c1-18-9-16-7-11(18)12-8-17-14(15)19(12)10-5-3-4-6-13(10)20-2/h3-7,9,12H,8H2,1-2H3,(H2,15,17). The number of nitrogens with zero attached hydrogens (tertiary/aromatic N) is 4. The van der Waals surface area contributed by atoms with Crippen LogP contribution in [0.15, 0.2) is 41.8 Å². The van der Waals surface area contributed by atoms with Crippen molar-refractivity contribution in [3.05, 3.63) is 42.5 Å². The fourth-order valence-electron chi connectivity index (χ4n) is 2.53. The molecule has 104 valence electrons. The molecule has 0 aliphatic carbocycles. The van der Waals surface area contributed by atoms with E-state index in [0.717, 1.165) is 17.1 Å². The predicted molar refractivity (Wildman–Crippen MR) is 77.9 cm³/mol. The Balaban J connectivity index is 2.05. The molecule has 1 atom stereocenters. The maximum Gasteiger partial charge on any atom is 0.196 e. The lowest BCUT2D eigenvalue weighted by Gasteiger charge is -2.27. The second-order valence-electron chi connectivity index (χ2n) is 4.69. The van der Waals surface area contributed by atoms with Crippen molar-refractivity contribution in [1.29, 1.82) is 0 Å². The summed E-state index contributed by atoms with van der Waals surface area (Å²) >= 11 is 0. The molecule has 0 amide bonds. The van der Waals surface area contributed by atoms with Crippen LogP contribution in [-0.2, 0) is 7.05 Å². The van der Waals surface area contributed by atoms with Crippen LogP contribution in [0, 0.1) is 0 Å². The van der Waals surface area contributed by atoms with E-state index < -0.39 is 0 Å². The van der Waals surface area contributed by atoms with Gasteiger partial charge in [0.05, 0.1) is 43.6 Å². The molecule has 0 fully saturated rings. The van der Waals surface area contributed by atoms with Gasteiger partial charge in [0.2, 0.25) is 0 Å². The van der Waals surface area contributed by atoms with Crippen LogP contribution < -0.4 is 15.4 Å². The second kappa shape index (κ2) is 4.88. The molecule has 2 N–H and O–H groups in total. The molecule has 20 heavy (non-hydrogen) atoms. The van der Waals surface area contributed by atoms with Crippen molar-refractivity contribution < 1.29 is 4.74 Å². The lowest BCUT2D eigenvalue weighted by atomic mass is 10.1. The molecule has 1 aliphatic rings. The van der Waals surface area contributed by atoms with E-state index in [1.165, 1.54) is 0 Å². The predicted octanol–water partition coefficient (Wildman–Crippen LogP) is 1.30. The van der Waals surface area contributed by atoms with Gasteiger partial charge in [-0.2, -0.15) is 0 Å². The highest BCUT2D eigenvalue weighted by molar-refractivity contribution is 5.98. The van der Waals surface area contributed by atoms with Gasteiger partial charge in [0.15, 0.2) is 5.96 Å². The van der Waals surface area contributed by atoms with E-state index in [2.05, 4.69) is 9.98 Å². The molecule has 0 spiro atoms. The first-order valence-electron chi connectivity index (χ1n) is 6.40. The van der Waals surface area contributed by atoms with Crippen molar-refractivity contribution in [1.82, 2.24) is 9.55 Å². The van der Waals surface area contributed by atoms with Crippen molar-refractivity contribution in [3.8, 4) is 5.75 Å². The number of hydrogen-bond donors (Lipinski definition) is 1. The van der Waals surface area contributed by atoms with Crippen LogP contribution >= 0.6 is 0 Å². The number of aromatic nitrogens is 2. The quantitative estimate of drug-likeness (QED) is 0.913. The number of hydrogen-bond acceptors (Lipinski definition) is 5. The lowest BCUT2D eigenvalue weighted by Crippen LogP contribution is -2.37. The molecule has 1 aromatic carbocycles. The minimum Gasteiger partial charge on any atom is -0.495 e. The molecule has 3 rings (SSSR count). The van der Waals surface area contributed by atoms with Gasteiger partial charge < -0.3 is 15.0 Å². The Kier molecular flexibility index (Phi) is 3.06. The van der Waals surface area contributed by atoms with Crippen LogP contribution in [-0.4, -0.2) is 29.2 Å². The molecule has 0 saturated carbocycles. The van der Waals surface area contributed by atoms with Crippen molar-refractivity contribution in [2.75, 3.05) is 18.6 Å². The minimum atomic E-state index is 0.0406. The highest BCUT2D eigenvalue weighted by atomic mass is 16.5. The summed E-state index contributed by atoms with van der Waals surface area (Å²) in [6.07, 6.45) is 3.63. The molecule has 6 nitrogen and oxygen atoms in total. The van der Waals surface area contributed by atoms with Gasteiger partial charge in [-0.25, -0.2) is 4.98 Å². The van der Waals surface area contributed by atoms with E-state index in [1.807, 2.05) is 47.0 Å². The van der Waals surface area contributed by atoms with E-state index in [0.29, 0.717) is 12.5 Å². The summed E-state index contributed by atoms with van der Waals surface area (Å²) in [5.41, 5.74) is 8.06. The van der Waals surface area contributed by atoms with Gasteiger partial charge in [-0.1, -0.05) is 12.1 Å². The normalized spacial score (nSPS) is 18.2. The Bertz CT molecular complexity index is 649. The van der Waals surface area contributed by atoms with E-state index in [4.69, 9.17) is 10.5 Å². The maximum absolute atomic E-state index is 6.07. The molecule has 2 aromatic rings. The average molecular weight is 271 g/mol. The SMILES string of the molecule is COc1ccccc1N1C(N)=NCC1c1cncn1C. The van der Waals surface area contributed by atoms with Crippen LogP contribution in [0.2, 0.25) is 0 Å². The van der Waals surface area contributed by atoms with Crippen LogP contribution in [0.5, 0.6) is 5.75 Å². The fraction of sp³-hybridized carbons (Fsp3) is 0.286. The van der Waals surface area contributed by atoms with Crippen LogP contribution in [0.25, 0.3) is 0 Å². The Labute approximate surface area is 117 Å². The van der Waals surface area contributed by atoms with Crippen molar-refractivity contribution >= 4 is 11.6 Å². The third kappa shape index (κ3) is 1.89. The number of methoxy groups -OCH3 is 1. The zero-order valence-electron chi connectivity index (χ0n) is 11.5. The second-order valence-corrected chi connectivity index (χ2v) is 4.69. The molecule has 1 unspecified atom stereocenters. The average Bonchev–Trinajstić information content (AvgIpc) is 3.04. The molecule has 1 aliphatic heterocycles. The number of imidazole rings is 1. The largest absolute Gasteiger partial charge is 0.495 e. The Morgan fingerprint density at radius 3 is 2.85 bits per heavy atom. The summed E-state index contributed by atoms with van der Waals surface area (Å²) in [7, 11) is 3.62. The molecular formula is C14H17N5O. The zero-order valence-corrected chi connectivity index (χ0v) is 11.5. The molecule has 0 bridgehead atoms. The number of anilines is 1. The van der Waals surface area contributed by atoms with Gasteiger partial charge in [-0.3, -0.25) is 9.89 Å². The third-order valence-corrected chi connectivity index (χ3v) is 3.52.